The molecule has 0 aliphatic carbocycles. The molecule has 1 amide bonds. The fourth-order valence-electron chi connectivity index (χ4n) is 3.02. The van der Waals surface area contributed by atoms with Gasteiger partial charge in [-0.2, -0.15) is 0 Å². The Morgan fingerprint density at radius 2 is 1.90 bits per heavy atom. The first-order valence-electron chi connectivity index (χ1n) is 9.28. The van der Waals surface area contributed by atoms with Gasteiger partial charge in [0.05, 0.1) is 4.91 Å². The van der Waals surface area contributed by atoms with Gasteiger partial charge in [0.1, 0.15) is 4.32 Å². The van der Waals surface area contributed by atoms with Crippen molar-refractivity contribution in [3.05, 3.63) is 51.1 Å². The van der Waals surface area contributed by atoms with Crippen molar-refractivity contribution in [3.8, 4) is 11.1 Å². The Morgan fingerprint density at radius 1 is 1.13 bits per heavy atom. The van der Waals surface area contributed by atoms with Crippen LogP contribution in [0.4, 0.5) is 8.78 Å². The molecule has 30 heavy (non-hydrogen) atoms. The summed E-state index contributed by atoms with van der Waals surface area (Å²) in [6.45, 7) is 2.31. The van der Waals surface area contributed by atoms with E-state index in [9.17, 15) is 18.4 Å². The van der Waals surface area contributed by atoms with Crippen LogP contribution in [0.5, 0.6) is 0 Å². The lowest BCUT2D eigenvalue weighted by atomic mass is 10.1. The molecule has 3 rings (SSSR count). The molecule has 0 unspecified atom stereocenters. The minimum atomic E-state index is -0.902. The molecule has 0 bridgehead atoms. The Balaban J connectivity index is 1.71. The average Bonchev–Trinajstić information content (AvgIpc) is 3.29. The van der Waals surface area contributed by atoms with Crippen molar-refractivity contribution >= 4 is 57.1 Å². The number of hydrogen-bond acceptors (Lipinski definition) is 5. The van der Waals surface area contributed by atoms with Gasteiger partial charge < -0.3 is 5.11 Å². The number of carboxylic acid groups (broad SMARTS) is 1. The van der Waals surface area contributed by atoms with Gasteiger partial charge in [-0.3, -0.25) is 14.5 Å². The molecule has 0 saturated carbocycles. The lowest BCUT2D eigenvalue weighted by molar-refractivity contribution is -0.137. The van der Waals surface area contributed by atoms with E-state index in [1.165, 1.54) is 29.2 Å². The molecule has 0 radical (unpaired) electrons. The third-order valence-electron chi connectivity index (χ3n) is 4.68. The third-order valence-corrected chi connectivity index (χ3v) is 7.28. The van der Waals surface area contributed by atoms with Crippen molar-refractivity contribution in [1.82, 2.24) is 4.90 Å². The van der Waals surface area contributed by atoms with Gasteiger partial charge in [-0.05, 0) is 60.0 Å². The fourth-order valence-corrected chi connectivity index (χ4v) is 5.36. The summed E-state index contributed by atoms with van der Waals surface area (Å²) in [7, 11) is 0. The minimum Gasteiger partial charge on any atom is -0.481 e. The summed E-state index contributed by atoms with van der Waals surface area (Å²) in [5.74, 6) is -2.76. The van der Waals surface area contributed by atoms with Crippen LogP contribution in [0.1, 0.15) is 37.5 Å². The SMILES string of the molecule is C/C(=C1/SC(=S)N(CCCCCC(=O)O)C1=O)c1cc(-c2ccc(F)c(F)c2)cs1. The number of thiocarbonyl (C=S) groups is 1. The monoisotopic (exact) mass is 467 g/mol. The molecule has 1 aromatic carbocycles. The van der Waals surface area contributed by atoms with Gasteiger partial charge in [0, 0.05) is 17.8 Å². The van der Waals surface area contributed by atoms with Crippen LogP contribution in [-0.2, 0) is 9.59 Å². The summed E-state index contributed by atoms with van der Waals surface area (Å²) >= 11 is 8.03. The number of hydrogen-bond donors (Lipinski definition) is 1. The Morgan fingerprint density at radius 3 is 2.60 bits per heavy atom. The predicted molar refractivity (Wildman–Crippen MR) is 120 cm³/mol. The van der Waals surface area contributed by atoms with Crippen molar-refractivity contribution in [2.24, 2.45) is 0 Å². The number of halogens is 2. The first kappa shape index (κ1) is 22.6. The molecular weight excluding hydrogens is 448 g/mol. The van der Waals surface area contributed by atoms with Crippen LogP contribution in [0.2, 0.25) is 0 Å². The lowest BCUT2D eigenvalue weighted by Gasteiger charge is -2.14. The second-order valence-corrected chi connectivity index (χ2v) is 9.37. The van der Waals surface area contributed by atoms with Crippen LogP contribution in [0, 0.1) is 11.6 Å². The zero-order valence-electron chi connectivity index (χ0n) is 16.1. The molecular formula is C21H19F2NO3S3. The molecule has 0 atom stereocenters. The van der Waals surface area contributed by atoms with Crippen molar-refractivity contribution < 1.29 is 23.5 Å². The van der Waals surface area contributed by atoms with E-state index in [1.807, 2.05) is 18.4 Å². The molecule has 4 nitrogen and oxygen atoms in total. The zero-order chi connectivity index (χ0) is 21.8. The van der Waals surface area contributed by atoms with Crippen LogP contribution in [0.25, 0.3) is 16.7 Å². The molecule has 1 aromatic heterocycles. The number of allylic oxidation sites excluding steroid dienone is 1. The topological polar surface area (TPSA) is 57.6 Å². The van der Waals surface area contributed by atoms with Gasteiger partial charge in [0.15, 0.2) is 11.6 Å². The largest absolute Gasteiger partial charge is 0.481 e. The van der Waals surface area contributed by atoms with E-state index in [0.29, 0.717) is 40.6 Å². The summed E-state index contributed by atoms with van der Waals surface area (Å²) < 4.78 is 27.2. The first-order chi connectivity index (χ1) is 14.3. The maximum absolute atomic E-state index is 13.5. The van der Waals surface area contributed by atoms with Gasteiger partial charge in [-0.1, -0.05) is 36.5 Å². The molecule has 2 heterocycles. The third kappa shape index (κ3) is 5.14. The van der Waals surface area contributed by atoms with Crippen molar-refractivity contribution in [2.75, 3.05) is 6.54 Å². The summed E-state index contributed by atoms with van der Waals surface area (Å²) in [5.41, 5.74) is 2.11. The van der Waals surface area contributed by atoms with Gasteiger partial charge >= 0.3 is 5.97 Å². The Labute approximate surface area is 186 Å². The van der Waals surface area contributed by atoms with Gasteiger partial charge in [-0.25, -0.2) is 8.78 Å². The Bertz CT molecular complexity index is 1030. The van der Waals surface area contributed by atoms with Crippen LogP contribution in [0.3, 0.4) is 0 Å². The highest BCUT2D eigenvalue weighted by Crippen LogP contribution is 2.39. The Hall–Kier alpha value is -2.10. The van der Waals surface area contributed by atoms with Crippen molar-refractivity contribution in [3.63, 3.8) is 0 Å². The number of benzene rings is 1. The summed E-state index contributed by atoms with van der Waals surface area (Å²) in [4.78, 5) is 26.4. The van der Waals surface area contributed by atoms with E-state index in [4.69, 9.17) is 17.3 Å². The number of unbranched alkanes of at least 4 members (excludes halogenated alkanes) is 2. The number of aliphatic carboxylic acids is 1. The second-order valence-electron chi connectivity index (χ2n) is 6.81. The van der Waals surface area contributed by atoms with Gasteiger partial charge in [-0.15, -0.1) is 11.3 Å². The quantitative estimate of drug-likeness (QED) is 0.296. The summed E-state index contributed by atoms with van der Waals surface area (Å²) in [6.07, 6.45) is 2.09. The van der Waals surface area contributed by atoms with Crippen LogP contribution < -0.4 is 0 Å². The summed E-state index contributed by atoms with van der Waals surface area (Å²) in [5, 5.41) is 10.5. The number of thiophene rings is 1. The number of nitrogens with zero attached hydrogens (tertiary/aromatic N) is 1. The molecule has 1 saturated heterocycles. The first-order valence-corrected chi connectivity index (χ1v) is 11.4. The number of carbonyl (C=O) groups excluding carboxylic acids is 1. The van der Waals surface area contributed by atoms with Crippen LogP contribution >= 0.6 is 35.3 Å². The lowest BCUT2D eigenvalue weighted by Crippen LogP contribution is -2.29. The number of carbonyl (C=O) groups is 2. The van der Waals surface area contributed by atoms with Gasteiger partial charge in [0.2, 0.25) is 0 Å². The molecule has 0 spiro atoms. The van der Waals surface area contributed by atoms with E-state index in [1.54, 1.807) is 4.90 Å². The van der Waals surface area contributed by atoms with E-state index >= 15 is 0 Å². The highest BCUT2D eigenvalue weighted by molar-refractivity contribution is 8.26. The summed E-state index contributed by atoms with van der Waals surface area (Å²) in [6, 6.07) is 5.62. The Kier molecular flexibility index (Phi) is 7.38. The van der Waals surface area contributed by atoms with E-state index < -0.39 is 17.6 Å². The normalized spacial score (nSPS) is 15.8. The van der Waals surface area contributed by atoms with Crippen molar-refractivity contribution in [1.29, 1.82) is 0 Å². The van der Waals surface area contributed by atoms with E-state index in [2.05, 4.69) is 0 Å². The van der Waals surface area contributed by atoms with Crippen molar-refractivity contribution in [2.45, 2.75) is 32.6 Å². The minimum absolute atomic E-state index is 0.121. The zero-order valence-corrected chi connectivity index (χ0v) is 18.6. The molecule has 158 valence electrons. The predicted octanol–water partition coefficient (Wildman–Crippen LogP) is 5.93. The standard InChI is InChI=1S/C21H19F2NO3S3/c1-12(17-10-14(11-29-17)13-6-7-15(22)16(23)9-13)19-20(27)24(21(28)30-19)8-4-2-3-5-18(25)26/h6-7,9-11H,2-5,8H2,1H3,(H,25,26)/b19-12-. The maximum Gasteiger partial charge on any atom is 0.303 e. The number of amides is 1. The number of rotatable bonds is 8. The molecule has 1 aliphatic rings. The highest BCUT2D eigenvalue weighted by Gasteiger charge is 2.33. The smallest absolute Gasteiger partial charge is 0.303 e. The second kappa shape index (κ2) is 9.80. The van der Waals surface area contributed by atoms with Gasteiger partial charge in [0.25, 0.3) is 5.91 Å². The average molecular weight is 468 g/mol. The maximum atomic E-state index is 13.5. The molecule has 9 heteroatoms. The van der Waals surface area contributed by atoms with Crippen LogP contribution in [0.15, 0.2) is 34.6 Å². The number of carboxylic acids is 1. The van der Waals surface area contributed by atoms with E-state index in [0.717, 1.165) is 28.1 Å². The van der Waals surface area contributed by atoms with Crippen LogP contribution in [-0.4, -0.2) is 32.7 Å². The molecule has 1 aliphatic heterocycles. The molecule has 1 N–H and O–H groups in total. The highest BCUT2D eigenvalue weighted by atomic mass is 32.2. The molecule has 1 fully saturated rings. The fraction of sp³-hybridized carbons (Fsp3) is 0.286. The van der Waals surface area contributed by atoms with E-state index in [-0.39, 0.29) is 12.3 Å². The number of thioether (sulfide) groups is 1. The molecule has 2 aromatic rings.